The Balaban J connectivity index is 1.28. The molecule has 2 aliphatic heterocycles. The maximum absolute atomic E-state index is 12.2. The molecule has 9 heteroatoms. The first-order valence-corrected chi connectivity index (χ1v) is 11.6. The van der Waals surface area contributed by atoms with E-state index in [1.807, 2.05) is 9.58 Å². The predicted molar refractivity (Wildman–Crippen MR) is 124 cm³/mol. The van der Waals surface area contributed by atoms with Gasteiger partial charge >= 0.3 is 0 Å². The molecule has 0 spiro atoms. The van der Waals surface area contributed by atoms with Crippen molar-refractivity contribution in [3.05, 3.63) is 35.7 Å². The number of methoxy groups -OCH3 is 1. The van der Waals surface area contributed by atoms with E-state index in [0.29, 0.717) is 24.5 Å². The molecular formula is C24H29N7O2. The number of hydrogen-bond acceptors (Lipinski definition) is 7. The molecule has 0 bridgehead atoms. The fourth-order valence-corrected chi connectivity index (χ4v) is 5.59. The number of carbonyl (C=O) groups excluding carboxylic acids is 1. The fourth-order valence-electron chi connectivity index (χ4n) is 5.59. The first kappa shape index (κ1) is 20.4. The Hall–Kier alpha value is -3.20. The summed E-state index contributed by atoms with van der Waals surface area (Å²) >= 11 is 0. The molecule has 1 saturated heterocycles. The number of carbonyl (C=O) groups is 1. The molecule has 2 aromatic heterocycles. The van der Waals surface area contributed by atoms with E-state index < -0.39 is 0 Å². The first-order chi connectivity index (χ1) is 16.0. The standard InChI is InChI=1S/C24H29N7O2/c1-14(32)31-19(6-16-8-21(16)31)13-30-23-18(11-26-30)10-25-24(28-23)27-20-7-17-12-29(2)5-4-15(17)9-22(20)33-3/h7,9-11,16,19,21H,4-6,8,12-13H2,1-3H3,(H,25,27,28)/t16-,19+,21+/m1/s1. The normalized spacial score (nSPS) is 24.0. The Kier molecular flexibility index (Phi) is 4.76. The van der Waals surface area contributed by atoms with E-state index in [2.05, 4.69) is 39.5 Å². The number of ether oxygens (including phenoxy) is 1. The van der Waals surface area contributed by atoms with Crippen LogP contribution in [0.25, 0.3) is 11.0 Å². The number of likely N-dealkylation sites (tertiary alicyclic amines) is 1. The van der Waals surface area contributed by atoms with Crippen LogP contribution >= 0.6 is 0 Å². The van der Waals surface area contributed by atoms with E-state index in [-0.39, 0.29) is 11.9 Å². The Labute approximate surface area is 192 Å². The topological polar surface area (TPSA) is 88.4 Å². The summed E-state index contributed by atoms with van der Waals surface area (Å²) in [5, 5.41) is 8.81. The highest BCUT2D eigenvalue weighted by Crippen LogP contribution is 2.48. The first-order valence-electron chi connectivity index (χ1n) is 11.6. The number of rotatable bonds is 5. The summed E-state index contributed by atoms with van der Waals surface area (Å²) in [5.74, 6) is 2.11. The van der Waals surface area contributed by atoms with Gasteiger partial charge in [-0.25, -0.2) is 9.67 Å². The number of nitrogens with one attached hydrogen (secondary N) is 1. The van der Waals surface area contributed by atoms with E-state index in [9.17, 15) is 4.79 Å². The van der Waals surface area contributed by atoms with Crippen molar-refractivity contribution in [2.24, 2.45) is 5.92 Å². The average molecular weight is 448 g/mol. The number of piperidine rings is 1. The zero-order valence-electron chi connectivity index (χ0n) is 19.3. The fraction of sp³-hybridized carbons (Fsp3) is 0.500. The van der Waals surface area contributed by atoms with Gasteiger partial charge in [0, 0.05) is 32.3 Å². The molecule has 3 aromatic rings. The van der Waals surface area contributed by atoms with Crippen LogP contribution in [0.1, 0.15) is 30.9 Å². The van der Waals surface area contributed by atoms with Gasteiger partial charge in [-0.2, -0.15) is 10.1 Å². The molecule has 0 radical (unpaired) electrons. The minimum Gasteiger partial charge on any atom is -0.495 e. The Morgan fingerprint density at radius 2 is 2.12 bits per heavy atom. The smallest absolute Gasteiger partial charge is 0.229 e. The van der Waals surface area contributed by atoms with Gasteiger partial charge < -0.3 is 19.9 Å². The third-order valence-corrected chi connectivity index (χ3v) is 7.31. The van der Waals surface area contributed by atoms with Gasteiger partial charge in [-0.05, 0) is 55.5 Å². The second-order valence-corrected chi connectivity index (χ2v) is 9.61. The van der Waals surface area contributed by atoms with Crippen molar-refractivity contribution in [1.29, 1.82) is 0 Å². The van der Waals surface area contributed by atoms with Gasteiger partial charge in [0.05, 0.1) is 37.0 Å². The highest BCUT2D eigenvalue weighted by atomic mass is 16.5. The number of benzene rings is 1. The van der Waals surface area contributed by atoms with Crippen molar-refractivity contribution < 1.29 is 9.53 Å². The lowest BCUT2D eigenvalue weighted by molar-refractivity contribution is -0.131. The van der Waals surface area contributed by atoms with Crippen LogP contribution < -0.4 is 10.1 Å². The molecule has 3 atom stereocenters. The number of likely N-dealkylation sites (N-methyl/N-ethyl adjacent to an activating group) is 1. The van der Waals surface area contributed by atoms with Crippen molar-refractivity contribution in [3.63, 3.8) is 0 Å². The molecule has 3 aliphatic rings. The van der Waals surface area contributed by atoms with Gasteiger partial charge in [-0.1, -0.05) is 0 Å². The molecule has 1 aliphatic carbocycles. The lowest BCUT2D eigenvalue weighted by atomic mass is 9.99. The Morgan fingerprint density at radius 1 is 1.24 bits per heavy atom. The molecule has 2 fully saturated rings. The minimum absolute atomic E-state index is 0.156. The minimum atomic E-state index is 0.156. The third kappa shape index (κ3) is 3.60. The van der Waals surface area contributed by atoms with E-state index in [4.69, 9.17) is 9.72 Å². The van der Waals surface area contributed by atoms with Gasteiger partial charge in [0.1, 0.15) is 5.75 Å². The van der Waals surface area contributed by atoms with Crippen LogP contribution in [0.15, 0.2) is 24.5 Å². The van der Waals surface area contributed by atoms with E-state index in [0.717, 1.165) is 54.8 Å². The number of nitrogens with zero attached hydrogens (tertiary/aromatic N) is 6. The van der Waals surface area contributed by atoms with E-state index in [1.165, 1.54) is 11.1 Å². The predicted octanol–water partition coefficient (Wildman–Crippen LogP) is 2.58. The van der Waals surface area contributed by atoms with Gasteiger partial charge in [-0.3, -0.25) is 4.79 Å². The summed E-state index contributed by atoms with van der Waals surface area (Å²) in [5.41, 5.74) is 4.25. The molecule has 1 amide bonds. The van der Waals surface area contributed by atoms with Crippen LogP contribution in [-0.4, -0.2) is 68.2 Å². The molecule has 33 heavy (non-hydrogen) atoms. The Bertz CT molecular complexity index is 1240. The summed E-state index contributed by atoms with van der Waals surface area (Å²) in [6.07, 6.45) is 6.79. The summed E-state index contributed by atoms with van der Waals surface area (Å²) in [4.78, 5) is 25.8. The number of fused-ring (bicyclic) bond motifs is 3. The van der Waals surface area contributed by atoms with Crippen LogP contribution in [0, 0.1) is 5.92 Å². The van der Waals surface area contributed by atoms with E-state index in [1.54, 1.807) is 26.4 Å². The van der Waals surface area contributed by atoms with Crippen LogP contribution in [0.2, 0.25) is 0 Å². The molecule has 4 heterocycles. The summed E-state index contributed by atoms with van der Waals surface area (Å²) in [6, 6.07) is 4.87. The summed E-state index contributed by atoms with van der Waals surface area (Å²) < 4.78 is 7.57. The van der Waals surface area contributed by atoms with Crippen molar-refractivity contribution >= 4 is 28.6 Å². The zero-order chi connectivity index (χ0) is 22.7. The largest absolute Gasteiger partial charge is 0.495 e. The molecule has 1 saturated carbocycles. The summed E-state index contributed by atoms with van der Waals surface area (Å²) in [7, 11) is 3.83. The van der Waals surface area contributed by atoms with Gasteiger partial charge in [0.15, 0.2) is 5.65 Å². The van der Waals surface area contributed by atoms with Crippen LogP contribution in [-0.2, 0) is 24.3 Å². The number of hydrogen-bond donors (Lipinski definition) is 1. The maximum Gasteiger partial charge on any atom is 0.229 e. The quantitative estimate of drug-likeness (QED) is 0.643. The number of aromatic nitrogens is 4. The molecule has 172 valence electrons. The monoisotopic (exact) mass is 447 g/mol. The molecule has 9 nitrogen and oxygen atoms in total. The highest BCUT2D eigenvalue weighted by Gasteiger charge is 2.53. The molecule has 1 aromatic carbocycles. The van der Waals surface area contributed by atoms with Crippen LogP contribution in [0.5, 0.6) is 5.75 Å². The van der Waals surface area contributed by atoms with Crippen LogP contribution in [0.3, 0.4) is 0 Å². The SMILES string of the molecule is COc1cc2c(cc1Nc1ncc3cnn(C[C@@H]4C[C@@H]5C[C@@H]5N4C(C)=O)c3n1)CN(C)CC2. The highest BCUT2D eigenvalue weighted by molar-refractivity contribution is 5.77. The maximum atomic E-state index is 12.2. The van der Waals surface area contributed by atoms with Crippen molar-refractivity contribution in [2.45, 2.75) is 51.4 Å². The van der Waals surface area contributed by atoms with Crippen molar-refractivity contribution in [1.82, 2.24) is 29.5 Å². The van der Waals surface area contributed by atoms with Gasteiger partial charge in [-0.15, -0.1) is 0 Å². The molecular weight excluding hydrogens is 418 g/mol. The van der Waals surface area contributed by atoms with Crippen LogP contribution in [0.4, 0.5) is 11.6 Å². The van der Waals surface area contributed by atoms with Gasteiger partial charge in [0.2, 0.25) is 11.9 Å². The third-order valence-electron chi connectivity index (χ3n) is 7.31. The van der Waals surface area contributed by atoms with E-state index >= 15 is 0 Å². The zero-order valence-corrected chi connectivity index (χ0v) is 19.3. The number of amides is 1. The second kappa shape index (κ2) is 7.69. The lowest BCUT2D eigenvalue weighted by Crippen LogP contribution is -2.39. The average Bonchev–Trinajstić information content (AvgIpc) is 3.28. The molecule has 6 rings (SSSR count). The second-order valence-electron chi connectivity index (χ2n) is 9.61. The Morgan fingerprint density at radius 3 is 2.94 bits per heavy atom. The lowest BCUT2D eigenvalue weighted by Gasteiger charge is -2.26. The van der Waals surface area contributed by atoms with Crippen molar-refractivity contribution in [2.75, 3.05) is 26.0 Å². The van der Waals surface area contributed by atoms with Gasteiger partial charge in [0.25, 0.3) is 0 Å². The number of anilines is 2. The van der Waals surface area contributed by atoms with Crippen molar-refractivity contribution in [3.8, 4) is 5.75 Å². The molecule has 0 unspecified atom stereocenters. The summed E-state index contributed by atoms with van der Waals surface area (Å²) in [6.45, 7) is 4.29. The molecule has 1 N–H and O–H groups in total.